The van der Waals surface area contributed by atoms with Crippen LogP contribution in [0, 0.1) is 18.6 Å². The van der Waals surface area contributed by atoms with Crippen LogP contribution in [0.25, 0.3) is 0 Å². The lowest BCUT2D eigenvalue weighted by Gasteiger charge is -2.28. The quantitative estimate of drug-likeness (QED) is 0.429. The second-order valence-corrected chi connectivity index (χ2v) is 9.36. The highest BCUT2D eigenvalue weighted by molar-refractivity contribution is 5.69. The zero-order chi connectivity index (χ0) is 25.4. The number of rotatable bonds is 12. The van der Waals surface area contributed by atoms with Gasteiger partial charge in [0.05, 0.1) is 25.4 Å². The summed E-state index contributed by atoms with van der Waals surface area (Å²) >= 11 is 0. The van der Waals surface area contributed by atoms with Crippen molar-refractivity contribution in [2.45, 2.75) is 71.1 Å². The summed E-state index contributed by atoms with van der Waals surface area (Å²) in [6.07, 6.45) is 2.28. The molecule has 0 aromatic heterocycles. The minimum atomic E-state index is -0.704. The first-order valence-corrected chi connectivity index (χ1v) is 12.5. The summed E-state index contributed by atoms with van der Waals surface area (Å²) in [6, 6.07) is 10.1. The van der Waals surface area contributed by atoms with Gasteiger partial charge in [-0.05, 0) is 93.5 Å². The van der Waals surface area contributed by atoms with Gasteiger partial charge in [0.25, 0.3) is 0 Å². The summed E-state index contributed by atoms with van der Waals surface area (Å²) in [6.45, 7) is 7.11. The predicted molar refractivity (Wildman–Crippen MR) is 131 cm³/mol. The standard InChI is InChI=1S/C28H37F2NO4/c1-4-34-28(33)12-10-22-9-11-23(29)16-26(22)20(3)35-18-25(32)17-31-13-5-6-24(31)14-21-8-7-19(2)27(30)15-21/h7-9,11,15-16,20,24-25,32H,4-6,10,12-14,17-18H2,1-3H3/t20?,24-,25+/m0/s1. The minimum Gasteiger partial charge on any atom is -0.466 e. The van der Waals surface area contributed by atoms with Crippen LogP contribution in [0.15, 0.2) is 36.4 Å². The number of hydrogen-bond donors (Lipinski definition) is 1. The number of aliphatic hydroxyl groups excluding tert-OH is 1. The summed E-state index contributed by atoms with van der Waals surface area (Å²) in [5.74, 6) is -0.850. The molecule has 3 atom stereocenters. The molecule has 1 heterocycles. The van der Waals surface area contributed by atoms with Crippen LogP contribution in [-0.2, 0) is 27.1 Å². The summed E-state index contributed by atoms with van der Waals surface area (Å²) < 4.78 is 38.8. The number of carbonyl (C=O) groups excluding carboxylic acids is 1. The minimum absolute atomic E-state index is 0.109. The monoisotopic (exact) mass is 489 g/mol. The van der Waals surface area contributed by atoms with E-state index in [0.29, 0.717) is 30.7 Å². The maximum atomic E-state index is 13.9. The summed E-state index contributed by atoms with van der Waals surface area (Å²) in [5, 5.41) is 10.7. The second kappa shape index (κ2) is 13.1. The molecule has 7 heteroatoms. The van der Waals surface area contributed by atoms with Gasteiger partial charge in [-0.2, -0.15) is 0 Å². The molecule has 0 amide bonds. The van der Waals surface area contributed by atoms with Gasteiger partial charge in [-0.3, -0.25) is 9.69 Å². The molecule has 1 saturated heterocycles. The smallest absolute Gasteiger partial charge is 0.306 e. The Bertz CT molecular complexity index is 983. The number of esters is 1. The molecule has 1 unspecified atom stereocenters. The normalized spacial score (nSPS) is 17.9. The van der Waals surface area contributed by atoms with E-state index in [4.69, 9.17) is 9.47 Å². The van der Waals surface area contributed by atoms with E-state index >= 15 is 0 Å². The third-order valence-corrected chi connectivity index (χ3v) is 6.64. The Morgan fingerprint density at radius 1 is 1.23 bits per heavy atom. The van der Waals surface area contributed by atoms with Crippen LogP contribution in [0.5, 0.6) is 0 Å². The van der Waals surface area contributed by atoms with Crippen molar-refractivity contribution < 1.29 is 28.2 Å². The Hall–Kier alpha value is -2.35. The molecule has 1 aliphatic heterocycles. The average molecular weight is 490 g/mol. The van der Waals surface area contributed by atoms with E-state index in [1.54, 1.807) is 32.0 Å². The van der Waals surface area contributed by atoms with E-state index in [-0.39, 0.29) is 36.7 Å². The lowest BCUT2D eigenvalue weighted by atomic mass is 9.99. The third kappa shape index (κ3) is 8.09. The molecule has 1 N–H and O–H groups in total. The van der Waals surface area contributed by atoms with Gasteiger partial charge in [0.15, 0.2) is 0 Å². The topological polar surface area (TPSA) is 59.0 Å². The Labute approximate surface area is 207 Å². The molecule has 0 saturated carbocycles. The molecule has 2 aromatic rings. The number of hydrogen-bond acceptors (Lipinski definition) is 5. The SMILES string of the molecule is CCOC(=O)CCc1ccc(F)cc1C(C)OC[C@H](O)CN1CCC[C@H]1Cc1ccc(C)c(F)c1. The second-order valence-electron chi connectivity index (χ2n) is 9.36. The van der Waals surface area contributed by atoms with Gasteiger partial charge in [-0.1, -0.05) is 18.2 Å². The molecule has 1 fully saturated rings. The number of aliphatic hydroxyl groups is 1. The number of benzene rings is 2. The highest BCUT2D eigenvalue weighted by Gasteiger charge is 2.27. The van der Waals surface area contributed by atoms with E-state index in [9.17, 15) is 18.7 Å². The van der Waals surface area contributed by atoms with E-state index < -0.39 is 12.2 Å². The maximum Gasteiger partial charge on any atom is 0.306 e. The van der Waals surface area contributed by atoms with Crippen molar-refractivity contribution in [1.82, 2.24) is 4.90 Å². The Morgan fingerprint density at radius 2 is 2.03 bits per heavy atom. The van der Waals surface area contributed by atoms with Crippen molar-refractivity contribution in [3.05, 3.63) is 70.3 Å². The van der Waals surface area contributed by atoms with Gasteiger partial charge in [-0.25, -0.2) is 8.78 Å². The molecule has 192 valence electrons. The van der Waals surface area contributed by atoms with Crippen molar-refractivity contribution in [3.63, 3.8) is 0 Å². The lowest BCUT2D eigenvalue weighted by Crippen LogP contribution is -2.39. The first-order chi connectivity index (χ1) is 16.8. The van der Waals surface area contributed by atoms with E-state index in [1.165, 1.54) is 12.1 Å². The fourth-order valence-corrected chi connectivity index (χ4v) is 4.71. The van der Waals surface area contributed by atoms with Gasteiger partial charge in [0.1, 0.15) is 11.6 Å². The molecule has 0 aliphatic carbocycles. The molecule has 35 heavy (non-hydrogen) atoms. The number of aryl methyl sites for hydroxylation is 2. The lowest BCUT2D eigenvalue weighted by molar-refractivity contribution is -0.143. The van der Waals surface area contributed by atoms with Crippen LogP contribution in [0.4, 0.5) is 8.78 Å². The van der Waals surface area contributed by atoms with Crippen LogP contribution >= 0.6 is 0 Å². The van der Waals surface area contributed by atoms with Crippen molar-refractivity contribution in [3.8, 4) is 0 Å². The van der Waals surface area contributed by atoms with Crippen molar-refractivity contribution in [2.75, 3.05) is 26.3 Å². The van der Waals surface area contributed by atoms with Crippen LogP contribution in [0.1, 0.15) is 61.5 Å². The fourth-order valence-electron chi connectivity index (χ4n) is 4.71. The van der Waals surface area contributed by atoms with Gasteiger partial charge in [0, 0.05) is 19.0 Å². The molecule has 0 radical (unpaired) electrons. The highest BCUT2D eigenvalue weighted by Crippen LogP contribution is 2.25. The molecule has 0 spiro atoms. The molecular weight excluding hydrogens is 452 g/mol. The third-order valence-electron chi connectivity index (χ3n) is 6.64. The Kier molecular flexibility index (Phi) is 10.2. The number of likely N-dealkylation sites (tertiary alicyclic amines) is 1. The van der Waals surface area contributed by atoms with Gasteiger partial charge in [0.2, 0.25) is 0 Å². The van der Waals surface area contributed by atoms with Crippen molar-refractivity contribution in [2.24, 2.45) is 0 Å². The maximum absolute atomic E-state index is 13.9. The van der Waals surface area contributed by atoms with E-state index in [2.05, 4.69) is 4.90 Å². The number of carbonyl (C=O) groups is 1. The Balaban J connectivity index is 1.53. The van der Waals surface area contributed by atoms with Gasteiger partial charge >= 0.3 is 5.97 Å². The molecule has 5 nitrogen and oxygen atoms in total. The van der Waals surface area contributed by atoms with Crippen LogP contribution in [0.3, 0.4) is 0 Å². The van der Waals surface area contributed by atoms with Crippen molar-refractivity contribution >= 4 is 5.97 Å². The summed E-state index contributed by atoms with van der Waals surface area (Å²) in [5.41, 5.74) is 3.10. The highest BCUT2D eigenvalue weighted by atomic mass is 19.1. The zero-order valence-corrected chi connectivity index (χ0v) is 20.9. The number of β-amino-alcohol motifs (C(OH)–C–C–N with tert-alkyl or cyclic N) is 1. The molecular formula is C28H37F2NO4. The van der Waals surface area contributed by atoms with Crippen molar-refractivity contribution in [1.29, 1.82) is 0 Å². The Morgan fingerprint density at radius 3 is 2.77 bits per heavy atom. The van der Waals surface area contributed by atoms with Crippen LogP contribution in [0.2, 0.25) is 0 Å². The van der Waals surface area contributed by atoms with E-state index in [1.807, 2.05) is 13.0 Å². The number of nitrogens with zero attached hydrogens (tertiary/aromatic N) is 1. The van der Waals surface area contributed by atoms with Gasteiger partial charge in [-0.15, -0.1) is 0 Å². The molecule has 2 aromatic carbocycles. The predicted octanol–water partition coefficient (Wildman–Crippen LogP) is 4.91. The fraction of sp³-hybridized carbons (Fsp3) is 0.536. The van der Waals surface area contributed by atoms with Crippen LogP contribution < -0.4 is 0 Å². The first kappa shape index (κ1) is 27.2. The van der Waals surface area contributed by atoms with E-state index in [0.717, 1.165) is 36.9 Å². The van der Waals surface area contributed by atoms with Gasteiger partial charge < -0.3 is 14.6 Å². The average Bonchev–Trinajstić information content (AvgIpc) is 3.25. The molecule has 1 aliphatic rings. The summed E-state index contributed by atoms with van der Waals surface area (Å²) in [7, 11) is 0. The van der Waals surface area contributed by atoms with Crippen LogP contribution in [-0.4, -0.2) is 54.4 Å². The zero-order valence-electron chi connectivity index (χ0n) is 20.9. The molecule has 3 rings (SSSR count). The number of ether oxygens (including phenoxy) is 2. The first-order valence-electron chi connectivity index (χ1n) is 12.5. The number of halogens is 2. The molecule has 0 bridgehead atoms. The summed E-state index contributed by atoms with van der Waals surface area (Å²) in [4.78, 5) is 14.0. The largest absolute Gasteiger partial charge is 0.466 e.